The van der Waals surface area contributed by atoms with Gasteiger partial charge in [-0.25, -0.2) is 4.79 Å². The van der Waals surface area contributed by atoms with E-state index in [1.54, 1.807) is 0 Å². The third-order valence-corrected chi connectivity index (χ3v) is 11.3. The number of hydrogen-bond donors (Lipinski definition) is 0. The van der Waals surface area contributed by atoms with Crippen LogP contribution in [0.4, 0.5) is 0 Å². The lowest BCUT2D eigenvalue weighted by atomic mass is 9.46. The van der Waals surface area contributed by atoms with E-state index in [-0.39, 0.29) is 34.5 Å². The molecular formula is C31H40O4. The maximum absolute atomic E-state index is 12.7. The highest BCUT2D eigenvalue weighted by molar-refractivity contribution is 5.89. The van der Waals surface area contributed by atoms with E-state index in [1.807, 2.05) is 30.3 Å². The van der Waals surface area contributed by atoms with Gasteiger partial charge in [-0.2, -0.15) is 0 Å². The molecule has 1 heterocycles. The highest BCUT2D eigenvalue weighted by Crippen LogP contribution is 2.68. The molecule has 0 amide bonds. The second-order valence-electron chi connectivity index (χ2n) is 12.9. The van der Waals surface area contributed by atoms with Gasteiger partial charge >= 0.3 is 11.9 Å². The minimum absolute atomic E-state index is 0.00397. The van der Waals surface area contributed by atoms with Crippen molar-refractivity contribution in [3.05, 3.63) is 47.5 Å². The molecule has 3 saturated carbocycles. The van der Waals surface area contributed by atoms with Gasteiger partial charge in [-0.05, 0) is 99.0 Å². The molecule has 0 N–H and O–H groups in total. The third-order valence-electron chi connectivity index (χ3n) is 11.3. The van der Waals surface area contributed by atoms with E-state index in [0.29, 0.717) is 29.7 Å². The Balaban J connectivity index is 1.19. The number of fused-ring (bicyclic) bond motifs is 5. The third kappa shape index (κ3) is 3.61. The molecule has 0 radical (unpaired) electrons. The van der Waals surface area contributed by atoms with Crippen molar-refractivity contribution in [1.82, 2.24) is 0 Å². The molecule has 0 bridgehead atoms. The van der Waals surface area contributed by atoms with Crippen molar-refractivity contribution in [2.24, 2.45) is 34.5 Å². The lowest BCUT2D eigenvalue weighted by Crippen LogP contribution is -2.53. The first-order valence-corrected chi connectivity index (χ1v) is 13.9. The summed E-state index contributed by atoms with van der Waals surface area (Å²) in [4.78, 5) is 24.7. The fourth-order valence-electron chi connectivity index (χ4n) is 9.48. The van der Waals surface area contributed by atoms with Crippen molar-refractivity contribution in [3.63, 3.8) is 0 Å². The molecule has 4 nitrogen and oxygen atoms in total. The summed E-state index contributed by atoms with van der Waals surface area (Å²) in [6, 6.07) is 9.37. The van der Waals surface area contributed by atoms with Crippen molar-refractivity contribution in [2.45, 2.75) is 96.7 Å². The number of carbonyl (C=O) groups excluding carboxylic acids is 2. The molecule has 0 aromatic heterocycles. The van der Waals surface area contributed by atoms with E-state index in [9.17, 15) is 9.59 Å². The SMILES string of the molecule is C[C@]12CC[C@H]3[C@@H](CC=C4C[C@H](OC(=O)c5ccccc5)CC[C@@]43C)[C@@H]1CC[C@@H]2[C@]1(C)CCC(=O)O1. The quantitative estimate of drug-likeness (QED) is 0.352. The second-order valence-corrected chi connectivity index (χ2v) is 12.9. The van der Waals surface area contributed by atoms with E-state index < -0.39 is 0 Å². The standard InChI is InChI=1S/C31H40O4/c1-29-16-13-22(34-28(33)20-7-5-4-6-8-20)19-21(29)9-10-23-24-11-12-26(30(24,2)17-14-25(23)29)31(3)18-15-27(32)35-31/h4-9,22-26H,10-19H2,1-3H3/t22-,23+,24+,25+,26+,29+,30+,31+/m1/s1. The Bertz CT molecular complexity index is 1050. The molecule has 8 atom stereocenters. The number of esters is 2. The van der Waals surface area contributed by atoms with Crippen LogP contribution < -0.4 is 0 Å². The smallest absolute Gasteiger partial charge is 0.338 e. The van der Waals surface area contributed by atoms with E-state index in [1.165, 1.54) is 31.3 Å². The van der Waals surface area contributed by atoms with Crippen LogP contribution in [-0.4, -0.2) is 23.6 Å². The Kier molecular flexibility index (Phi) is 5.47. The first kappa shape index (κ1) is 23.3. The van der Waals surface area contributed by atoms with E-state index in [4.69, 9.17) is 9.47 Å². The predicted molar refractivity (Wildman–Crippen MR) is 135 cm³/mol. The molecule has 1 saturated heterocycles. The normalized spacial score (nSPS) is 44.5. The molecule has 0 spiro atoms. The van der Waals surface area contributed by atoms with Crippen LogP contribution in [0.25, 0.3) is 0 Å². The summed E-state index contributed by atoms with van der Waals surface area (Å²) in [5.74, 6) is 2.43. The summed E-state index contributed by atoms with van der Waals surface area (Å²) >= 11 is 0. The van der Waals surface area contributed by atoms with Gasteiger partial charge in [0, 0.05) is 18.8 Å². The molecule has 35 heavy (non-hydrogen) atoms. The predicted octanol–water partition coefficient (Wildman–Crippen LogP) is 6.89. The molecule has 0 unspecified atom stereocenters. The molecule has 4 heteroatoms. The van der Waals surface area contributed by atoms with Crippen molar-refractivity contribution in [3.8, 4) is 0 Å². The molecule has 6 rings (SSSR count). The second kappa shape index (κ2) is 8.21. The molecule has 4 aliphatic carbocycles. The minimum Gasteiger partial charge on any atom is -0.459 e. The van der Waals surface area contributed by atoms with Gasteiger partial charge in [0.05, 0.1) is 5.56 Å². The zero-order chi connectivity index (χ0) is 24.4. The van der Waals surface area contributed by atoms with Crippen molar-refractivity contribution < 1.29 is 19.1 Å². The highest BCUT2D eigenvalue weighted by atomic mass is 16.6. The van der Waals surface area contributed by atoms with Gasteiger partial charge in [0.1, 0.15) is 11.7 Å². The lowest BCUT2D eigenvalue weighted by molar-refractivity contribution is -0.158. The first-order valence-electron chi connectivity index (χ1n) is 13.9. The fourth-order valence-corrected chi connectivity index (χ4v) is 9.48. The topological polar surface area (TPSA) is 52.6 Å². The number of allylic oxidation sites excluding steroid dienone is 1. The van der Waals surface area contributed by atoms with Gasteiger partial charge in [0.15, 0.2) is 0 Å². The van der Waals surface area contributed by atoms with Crippen LogP contribution in [0.3, 0.4) is 0 Å². The van der Waals surface area contributed by atoms with Gasteiger partial charge < -0.3 is 9.47 Å². The number of cyclic esters (lactones) is 1. The Morgan fingerprint density at radius 3 is 2.51 bits per heavy atom. The van der Waals surface area contributed by atoms with Crippen LogP contribution in [-0.2, 0) is 14.3 Å². The van der Waals surface area contributed by atoms with Gasteiger partial charge in [-0.3, -0.25) is 4.79 Å². The highest BCUT2D eigenvalue weighted by Gasteiger charge is 2.63. The van der Waals surface area contributed by atoms with Crippen LogP contribution in [0.5, 0.6) is 0 Å². The van der Waals surface area contributed by atoms with Crippen LogP contribution >= 0.6 is 0 Å². The summed E-state index contributed by atoms with van der Waals surface area (Å²) in [6.07, 6.45) is 13.0. The molecule has 1 aliphatic heterocycles. The van der Waals surface area contributed by atoms with Crippen molar-refractivity contribution in [1.29, 1.82) is 0 Å². The van der Waals surface area contributed by atoms with Gasteiger partial charge in [-0.15, -0.1) is 0 Å². The zero-order valence-corrected chi connectivity index (χ0v) is 21.6. The summed E-state index contributed by atoms with van der Waals surface area (Å²) < 4.78 is 11.9. The monoisotopic (exact) mass is 476 g/mol. The van der Waals surface area contributed by atoms with Gasteiger partial charge in [0.2, 0.25) is 0 Å². The zero-order valence-electron chi connectivity index (χ0n) is 21.6. The average molecular weight is 477 g/mol. The summed E-state index contributed by atoms with van der Waals surface area (Å²) in [7, 11) is 0. The summed E-state index contributed by atoms with van der Waals surface area (Å²) in [6.45, 7) is 7.23. The number of carbonyl (C=O) groups is 2. The van der Waals surface area contributed by atoms with Crippen LogP contribution in [0, 0.1) is 34.5 Å². The van der Waals surface area contributed by atoms with Crippen molar-refractivity contribution >= 4 is 11.9 Å². The molecule has 188 valence electrons. The van der Waals surface area contributed by atoms with Crippen LogP contribution in [0.2, 0.25) is 0 Å². The number of ether oxygens (including phenoxy) is 2. The van der Waals surface area contributed by atoms with Gasteiger partial charge in [0.25, 0.3) is 0 Å². The van der Waals surface area contributed by atoms with E-state index >= 15 is 0 Å². The average Bonchev–Trinajstić information content (AvgIpc) is 3.39. The maximum atomic E-state index is 12.7. The minimum atomic E-state index is -0.270. The number of hydrogen-bond acceptors (Lipinski definition) is 4. The largest absolute Gasteiger partial charge is 0.459 e. The van der Waals surface area contributed by atoms with E-state index in [0.717, 1.165) is 38.0 Å². The summed E-state index contributed by atoms with van der Waals surface area (Å²) in [5.41, 5.74) is 2.40. The molecule has 1 aromatic carbocycles. The van der Waals surface area contributed by atoms with E-state index in [2.05, 4.69) is 26.8 Å². The molecule has 5 aliphatic rings. The number of benzene rings is 1. The molecule has 4 fully saturated rings. The van der Waals surface area contributed by atoms with Crippen molar-refractivity contribution in [2.75, 3.05) is 0 Å². The van der Waals surface area contributed by atoms with Crippen LogP contribution in [0.1, 0.15) is 95.3 Å². The molecular weight excluding hydrogens is 436 g/mol. The van der Waals surface area contributed by atoms with Crippen LogP contribution in [0.15, 0.2) is 42.0 Å². The Morgan fingerprint density at radius 1 is 0.971 bits per heavy atom. The fraction of sp³-hybridized carbons (Fsp3) is 0.677. The Labute approximate surface area is 209 Å². The summed E-state index contributed by atoms with van der Waals surface area (Å²) in [5, 5.41) is 0. The lowest BCUT2D eigenvalue weighted by Gasteiger charge is -2.59. The molecule has 1 aromatic rings. The Morgan fingerprint density at radius 2 is 1.77 bits per heavy atom. The maximum Gasteiger partial charge on any atom is 0.338 e. The first-order chi connectivity index (χ1) is 16.7. The number of rotatable bonds is 3. The Hall–Kier alpha value is -2.10. The van der Waals surface area contributed by atoms with Gasteiger partial charge in [-0.1, -0.05) is 43.7 Å².